The van der Waals surface area contributed by atoms with Crippen molar-refractivity contribution in [3.05, 3.63) is 12.2 Å². The molecule has 0 saturated carbocycles. The van der Waals surface area contributed by atoms with Crippen LogP contribution in [0.25, 0.3) is 0 Å². The topological polar surface area (TPSA) is 49.2 Å². The Morgan fingerprint density at radius 2 is 2.09 bits per heavy atom. The average molecular weight is 154 g/mol. The van der Waals surface area contributed by atoms with Gasteiger partial charge in [-0.05, 0) is 13.0 Å². The monoisotopic (exact) mass is 154 g/mol. The van der Waals surface area contributed by atoms with Gasteiger partial charge in [-0.2, -0.15) is 0 Å². The van der Waals surface area contributed by atoms with Crippen LogP contribution < -0.4 is 5.32 Å². The summed E-state index contributed by atoms with van der Waals surface area (Å²) >= 11 is 0. The molecule has 1 saturated heterocycles. The lowest BCUT2D eigenvalue weighted by Crippen LogP contribution is -2.32. The summed E-state index contributed by atoms with van der Waals surface area (Å²) in [6.45, 7) is 3.24. The van der Waals surface area contributed by atoms with E-state index >= 15 is 0 Å². The number of nitrogens with zero attached hydrogens (tertiary/aromatic N) is 1. The van der Waals surface area contributed by atoms with Crippen LogP contribution in [0, 0.1) is 0 Å². The Morgan fingerprint density at radius 3 is 2.55 bits per heavy atom. The first kappa shape index (κ1) is 7.78. The Bertz CT molecular complexity index is 206. The Labute approximate surface area is 64.9 Å². The number of hydrogen-bond donors (Lipinski definition) is 1. The van der Waals surface area contributed by atoms with E-state index in [1.54, 1.807) is 17.9 Å². The molecule has 0 bridgehead atoms. The molecule has 1 aliphatic rings. The van der Waals surface area contributed by atoms with Crippen molar-refractivity contribution in [1.29, 1.82) is 0 Å². The number of carbonyl (C=O) groups is 2. The standard InChI is InChI=1S/C7H10N2O2/c1-2-3-6(10)8-7(11)9-4-5-9/h2-3H,4-5H2,1H3,(H,8,10,11). The van der Waals surface area contributed by atoms with E-state index in [1.807, 2.05) is 0 Å². The number of rotatable bonds is 1. The minimum atomic E-state index is -0.357. The van der Waals surface area contributed by atoms with Gasteiger partial charge in [0.05, 0.1) is 0 Å². The van der Waals surface area contributed by atoms with E-state index in [2.05, 4.69) is 5.32 Å². The molecule has 0 spiro atoms. The van der Waals surface area contributed by atoms with Crippen LogP contribution in [0.2, 0.25) is 0 Å². The van der Waals surface area contributed by atoms with E-state index in [4.69, 9.17) is 0 Å². The van der Waals surface area contributed by atoms with Crippen molar-refractivity contribution in [2.75, 3.05) is 13.1 Å². The Hall–Kier alpha value is -1.32. The van der Waals surface area contributed by atoms with E-state index < -0.39 is 0 Å². The molecule has 4 heteroatoms. The van der Waals surface area contributed by atoms with Gasteiger partial charge in [-0.3, -0.25) is 10.1 Å². The molecule has 60 valence electrons. The van der Waals surface area contributed by atoms with E-state index in [0.717, 1.165) is 13.1 Å². The molecule has 0 unspecified atom stereocenters. The van der Waals surface area contributed by atoms with Gasteiger partial charge in [0.1, 0.15) is 0 Å². The third kappa shape index (κ3) is 2.41. The fourth-order valence-corrected chi connectivity index (χ4v) is 0.631. The van der Waals surface area contributed by atoms with Gasteiger partial charge in [-0.15, -0.1) is 0 Å². The second kappa shape index (κ2) is 3.18. The van der Waals surface area contributed by atoms with E-state index in [1.165, 1.54) is 6.08 Å². The van der Waals surface area contributed by atoms with Crippen molar-refractivity contribution >= 4 is 11.9 Å². The van der Waals surface area contributed by atoms with Crippen LogP contribution in [0.5, 0.6) is 0 Å². The first-order valence-electron chi connectivity index (χ1n) is 3.46. The van der Waals surface area contributed by atoms with Gasteiger partial charge in [0, 0.05) is 13.1 Å². The molecule has 0 radical (unpaired) electrons. The van der Waals surface area contributed by atoms with Crippen molar-refractivity contribution in [1.82, 2.24) is 10.2 Å². The van der Waals surface area contributed by atoms with Crippen molar-refractivity contribution in [2.24, 2.45) is 0 Å². The fraction of sp³-hybridized carbons (Fsp3) is 0.429. The van der Waals surface area contributed by atoms with Crippen molar-refractivity contribution < 1.29 is 9.59 Å². The molecule has 0 aromatic rings. The quantitative estimate of drug-likeness (QED) is 0.430. The summed E-state index contributed by atoms with van der Waals surface area (Å²) in [7, 11) is 0. The van der Waals surface area contributed by atoms with Crippen LogP contribution in [0.15, 0.2) is 12.2 Å². The summed E-state index contributed by atoms with van der Waals surface area (Å²) in [6, 6.07) is -0.298. The van der Waals surface area contributed by atoms with Gasteiger partial charge in [0.25, 0.3) is 5.91 Å². The molecule has 0 aromatic carbocycles. The first-order valence-corrected chi connectivity index (χ1v) is 3.46. The highest BCUT2D eigenvalue weighted by atomic mass is 16.2. The molecule has 11 heavy (non-hydrogen) atoms. The van der Waals surface area contributed by atoms with Gasteiger partial charge in [0.15, 0.2) is 0 Å². The first-order chi connectivity index (χ1) is 5.24. The van der Waals surface area contributed by atoms with Crippen LogP contribution in [0.3, 0.4) is 0 Å². The number of hydrogen-bond acceptors (Lipinski definition) is 2. The molecule has 4 nitrogen and oxygen atoms in total. The summed E-state index contributed by atoms with van der Waals surface area (Å²) < 4.78 is 0. The fourth-order valence-electron chi connectivity index (χ4n) is 0.631. The maximum Gasteiger partial charge on any atom is 0.324 e. The zero-order chi connectivity index (χ0) is 8.27. The summed E-state index contributed by atoms with van der Waals surface area (Å²) in [6.07, 6.45) is 2.91. The Morgan fingerprint density at radius 1 is 1.45 bits per heavy atom. The highest BCUT2D eigenvalue weighted by Gasteiger charge is 2.24. The molecule has 0 aliphatic carbocycles. The molecule has 1 N–H and O–H groups in total. The number of allylic oxidation sites excluding steroid dienone is 1. The molecule has 1 fully saturated rings. The second-order valence-corrected chi connectivity index (χ2v) is 2.28. The molecule has 1 heterocycles. The van der Waals surface area contributed by atoms with Crippen LogP contribution in [0.4, 0.5) is 4.79 Å². The number of carbonyl (C=O) groups excluding carboxylic acids is 2. The maximum absolute atomic E-state index is 10.9. The Balaban J connectivity index is 2.28. The molecule has 0 aromatic heterocycles. The van der Waals surface area contributed by atoms with Crippen molar-refractivity contribution in [3.63, 3.8) is 0 Å². The van der Waals surface area contributed by atoms with Gasteiger partial charge >= 0.3 is 6.03 Å². The maximum atomic E-state index is 10.9. The molecule has 1 aliphatic heterocycles. The lowest BCUT2D eigenvalue weighted by Gasteiger charge is -1.99. The third-order valence-electron chi connectivity index (χ3n) is 1.28. The van der Waals surface area contributed by atoms with E-state index in [0.29, 0.717) is 0 Å². The van der Waals surface area contributed by atoms with Gasteiger partial charge in [0.2, 0.25) is 0 Å². The molecular weight excluding hydrogens is 144 g/mol. The molecular formula is C7H10N2O2. The zero-order valence-electron chi connectivity index (χ0n) is 6.33. The summed E-state index contributed by atoms with van der Waals surface area (Å²) in [5.74, 6) is -0.357. The van der Waals surface area contributed by atoms with Crippen LogP contribution in [-0.2, 0) is 4.79 Å². The van der Waals surface area contributed by atoms with Gasteiger partial charge in [-0.1, -0.05) is 6.08 Å². The lowest BCUT2D eigenvalue weighted by molar-refractivity contribution is -0.115. The third-order valence-corrected chi connectivity index (χ3v) is 1.28. The van der Waals surface area contributed by atoms with Crippen molar-refractivity contribution in [2.45, 2.75) is 6.92 Å². The summed E-state index contributed by atoms with van der Waals surface area (Å²) in [5, 5.41) is 2.20. The molecule has 1 rings (SSSR count). The lowest BCUT2D eigenvalue weighted by atomic mass is 10.5. The highest BCUT2D eigenvalue weighted by molar-refractivity contribution is 6.00. The zero-order valence-corrected chi connectivity index (χ0v) is 6.33. The predicted octanol–water partition coefficient (Wildman–Crippen LogP) is 0.114. The summed E-state index contributed by atoms with van der Waals surface area (Å²) in [5.41, 5.74) is 0. The SMILES string of the molecule is CC=CC(=O)NC(=O)N1CC1. The van der Waals surface area contributed by atoms with E-state index in [-0.39, 0.29) is 11.9 Å². The van der Waals surface area contributed by atoms with Gasteiger partial charge in [-0.25, -0.2) is 4.79 Å². The molecule has 3 amide bonds. The second-order valence-electron chi connectivity index (χ2n) is 2.28. The van der Waals surface area contributed by atoms with Crippen LogP contribution >= 0.6 is 0 Å². The van der Waals surface area contributed by atoms with Crippen LogP contribution in [-0.4, -0.2) is 29.9 Å². The van der Waals surface area contributed by atoms with Gasteiger partial charge < -0.3 is 4.90 Å². The summed E-state index contributed by atoms with van der Waals surface area (Å²) in [4.78, 5) is 23.1. The minimum absolute atomic E-state index is 0.298. The smallest absolute Gasteiger partial charge is 0.321 e. The van der Waals surface area contributed by atoms with E-state index in [9.17, 15) is 9.59 Å². The molecule has 0 atom stereocenters. The Kier molecular flexibility index (Phi) is 2.25. The highest BCUT2D eigenvalue weighted by Crippen LogP contribution is 2.02. The number of urea groups is 1. The number of amides is 3. The predicted molar refractivity (Wildman–Crippen MR) is 39.9 cm³/mol. The number of nitrogens with one attached hydrogen (secondary N) is 1. The largest absolute Gasteiger partial charge is 0.324 e. The number of imide groups is 1. The average Bonchev–Trinajstić information content (AvgIpc) is 2.67. The minimum Gasteiger partial charge on any atom is -0.321 e. The normalized spacial score (nSPS) is 15.2. The van der Waals surface area contributed by atoms with Crippen LogP contribution in [0.1, 0.15) is 6.92 Å². The van der Waals surface area contributed by atoms with Crippen molar-refractivity contribution in [3.8, 4) is 0 Å².